The number of nitrogens with one attached hydrogen (secondary N) is 2. The van der Waals surface area contributed by atoms with E-state index in [0.717, 1.165) is 70.6 Å². The second-order valence-corrected chi connectivity index (χ2v) is 7.71. The van der Waals surface area contributed by atoms with Crippen LogP contribution in [0.1, 0.15) is 25.8 Å². The van der Waals surface area contributed by atoms with Crippen LogP contribution in [0.3, 0.4) is 0 Å². The Labute approximate surface area is 180 Å². The van der Waals surface area contributed by atoms with Gasteiger partial charge in [-0.15, -0.1) is 0 Å². The molecule has 1 aliphatic heterocycles. The molecule has 1 atom stereocenters. The van der Waals surface area contributed by atoms with Gasteiger partial charge in [0.1, 0.15) is 0 Å². The fourth-order valence-corrected chi connectivity index (χ4v) is 3.58. The number of anilines is 1. The molecule has 1 aliphatic rings. The lowest BCUT2D eigenvalue weighted by Gasteiger charge is -2.34. The zero-order valence-corrected chi connectivity index (χ0v) is 18.3. The van der Waals surface area contributed by atoms with E-state index in [0.29, 0.717) is 6.04 Å². The van der Waals surface area contributed by atoms with Crippen molar-refractivity contribution < 1.29 is 0 Å². The van der Waals surface area contributed by atoms with Crippen molar-refractivity contribution in [1.82, 2.24) is 25.5 Å². The molecule has 0 bridgehead atoms. The van der Waals surface area contributed by atoms with Crippen LogP contribution in [0.2, 0.25) is 0 Å². The van der Waals surface area contributed by atoms with Crippen LogP contribution in [-0.4, -0.2) is 72.7 Å². The predicted molar refractivity (Wildman–Crippen MR) is 124 cm³/mol. The summed E-state index contributed by atoms with van der Waals surface area (Å²) < 4.78 is 0. The van der Waals surface area contributed by atoms with E-state index < -0.39 is 0 Å². The number of aromatic nitrogens is 2. The molecule has 1 fully saturated rings. The van der Waals surface area contributed by atoms with Crippen molar-refractivity contribution in [2.75, 3.05) is 50.7 Å². The fourth-order valence-electron chi connectivity index (χ4n) is 3.58. The minimum Gasteiger partial charge on any atom is -0.357 e. The quantitative estimate of drug-likeness (QED) is 0.489. The van der Waals surface area contributed by atoms with Crippen LogP contribution in [-0.2, 0) is 6.42 Å². The van der Waals surface area contributed by atoms with E-state index in [1.807, 2.05) is 6.07 Å². The first-order chi connectivity index (χ1) is 14.7. The molecule has 2 heterocycles. The van der Waals surface area contributed by atoms with Gasteiger partial charge in [-0.2, -0.15) is 0 Å². The monoisotopic (exact) mass is 409 g/mol. The number of piperazine rings is 1. The Bertz CT molecular complexity index is 743. The Balaban J connectivity index is 1.39. The maximum atomic E-state index is 4.79. The third kappa shape index (κ3) is 7.30. The first-order valence-corrected chi connectivity index (χ1v) is 11.1. The molecule has 2 N–H and O–H groups in total. The zero-order chi connectivity index (χ0) is 21.0. The van der Waals surface area contributed by atoms with Crippen LogP contribution in [0.15, 0.2) is 53.8 Å². The molecule has 0 spiro atoms. The van der Waals surface area contributed by atoms with E-state index in [1.54, 1.807) is 12.4 Å². The van der Waals surface area contributed by atoms with Crippen LogP contribution in [0.4, 0.5) is 5.95 Å². The number of aryl methyl sites for hydroxylation is 1. The molecule has 7 heteroatoms. The Morgan fingerprint density at radius 3 is 2.50 bits per heavy atom. The number of hydrogen-bond acceptors (Lipinski definition) is 5. The Morgan fingerprint density at radius 2 is 1.80 bits per heavy atom. The summed E-state index contributed by atoms with van der Waals surface area (Å²) in [4.78, 5) is 18.2. The van der Waals surface area contributed by atoms with Crippen LogP contribution in [0.5, 0.6) is 0 Å². The highest BCUT2D eigenvalue weighted by molar-refractivity contribution is 5.80. The maximum Gasteiger partial charge on any atom is 0.225 e. The van der Waals surface area contributed by atoms with Crippen molar-refractivity contribution in [1.29, 1.82) is 0 Å². The highest BCUT2D eigenvalue weighted by Crippen LogP contribution is 2.09. The largest absolute Gasteiger partial charge is 0.357 e. The van der Waals surface area contributed by atoms with E-state index in [9.17, 15) is 0 Å². The van der Waals surface area contributed by atoms with Crippen molar-refractivity contribution in [3.05, 3.63) is 54.4 Å². The number of nitrogens with zero attached hydrogens (tertiary/aromatic N) is 5. The molecule has 7 nitrogen and oxygen atoms in total. The molecule has 1 aromatic heterocycles. The van der Waals surface area contributed by atoms with Gasteiger partial charge in [0.25, 0.3) is 0 Å². The van der Waals surface area contributed by atoms with Crippen LogP contribution in [0.25, 0.3) is 0 Å². The van der Waals surface area contributed by atoms with Gasteiger partial charge >= 0.3 is 0 Å². The van der Waals surface area contributed by atoms with Crippen molar-refractivity contribution in [3.63, 3.8) is 0 Å². The Kier molecular flexibility index (Phi) is 8.90. The highest BCUT2D eigenvalue weighted by Gasteiger charge is 2.18. The molecule has 0 amide bonds. The number of aliphatic imine (C=N–C) groups is 1. The van der Waals surface area contributed by atoms with Gasteiger partial charge in [-0.3, -0.25) is 9.89 Å². The SMILES string of the molecule is CCNC(=NCCN1CCN(c2ncccn2)CC1)NC(C)CCc1ccccc1. The topological polar surface area (TPSA) is 68.7 Å². The van der Waals surface area contributed by atoms with Gasteiger partial charge in [-0.05, 0) is 38.3 Å². The van der Waals surface area contributed by atoms with Gasteiger partial charge < -0.3 is 15.5 Å². The number of guanidine groups is 1. The van der Waals surface area contributed by atoms with Crippen LogP contribution in [0, 0.1) is 0 Å². The summed E-state index contributed by atoms with van der Waals surface area (Å²) in [7, 11) is 0. The van der Waals surface area contributed by atoms with E-state index in [1.165, 1.54) is 5.56 Å². The molecule has 1 saturated heterocycles. The number of benzene rings is 1. The summed E-state index contributed by atoms with van der Waals surface area (Å²) in [5, 5.41) is 6.92. The molecule has 30 heavy (non-hydrogen) atoms. The lowest BCUT2D eigenvalue weighted by atomic mass is 10.1. The molecular formula is C23H35N7. The lowest BCUT2D eigenvalue weighted by Crippen LogP contribution is -2.48. The summed E-state index contributed by atoms with van der Waals surface area (Å²) in [5.74, 6) is 1.74. The third-order valence-corrected chi connectivity index (χ3v) is 5.33. The van der Waals surface area contributed by atoms with Crippen molar-refractivity contribution in [2.45, 2.75) is 32.7 Å². The molecule has 162 valence electrons. The van der Waals surface area contributed by atoms with Crippen LogP contribution < -0.4 is 15.5 Å². The van der Waals surface area contributed by atoms with E-state index in [2.05, 4.69) is 74.6 Å². The highest BCUT2D eigenvalue weighted by atomic mass is 15.3. The molecule has 3 rings (SSSR count). The molecule has 0 aliphatic carbocycles. The minimum atomic E-state index is 0.373. The fraction of sp³-hybridized carbons (Fsp3) is 0.522. The summed E-state index contributed by atoms with van der Waals surface area (Å²) in [6.45, 7) is 10.9. The molecule has 2 aromatic rings. The second-order valence-electron chi connectivity index (χ2n) is 7.71. The summed E-state index contributed by atoms with van der Waals surface area (Å²) in [6.07, 6.45) is 5.76. The van der Waals surface area contributed by atoms with Gasteiger partial charge in [0.05, 0.1) is 6.54 Å². The van der Waals surface area contributed by atoms with Gasteiger partial charge in [-0.25, -0.2) is 9.97 Å². The molecule has 1 unspecified atom stereocenters. The minimum absolute atomic E-state index is 0.373. The van der Waals surface area contributed by atoms with Crippen molar-refractivity contribution >= 4 is 11.9 Å². The smallest absolute Gasteiger partial charge is 0.225 e. The first-order valence-electron chi connectivity index (χ1n) is 11.1. The normalized spacial score (nSPS) is 16.3. The first kappa shape index (κ1) is 22.0. The second kappa shape index (κ2) is 12.1. The van der Waals surface area contributed by atoms with Gasteiger partial charge in [0, 0.05) is 57.7 Å². The average Bonchev–Trinajstić information content (AvgIpc) is 2.79. The van der Waals surface area contributed by atoms with Gasteiger partial charge in [0.2, 0.25) is 5.95 Å². The van der Waals surface area contributed by atoms with E-state index >= 15 is 0 Å². The van der Waals surface area contributed by atoms with E-state index in [4.69, 9.17) is 4.99 Å². The van der Waals surface area contributed by atoms with E-state index in [-0.39, 0.29) is 0 Å². The zero-order valence-electron chi connectivity index (χ0n) is 18.3. The molecule has 0 saturated carbocycles. The molecule has 1 aromatic carbocycles. The van der Waals surface area contributed by atoms with Gasteiger partial charge in [0.15, 0.2) is 5.96 Å². The average molecular weight is 410 g/mol. The summed E-state index contributed by atoms with van der Waals surface area (Å²) >= 11 is 0. The summed E-state index contributed by atoms with van der Waals surface area (Å²) in [5.41, 5.74) is 1.38. The maximum absolute atomic E-state index is 4.79. The molecule has 0 radical (unpaired) electrons. The standard InChI is InChI=1S/C23H35N7/c1-3-24-22(28-20(2)10-11-21-8-5-4-6-9-21)25-14-15-29-16-18-30(19-17-29)23-26-12-7-13-27-23/h4-9,12-13,20H,3,10-11,14-19H2,1-2H3,(H2,24,25,28). The Morgan fingerprint density at radius 1 is 1.07 bits per heavy atom. The van der Waals surface area contributed by atoms with Gasteiger partial charge in [-0.1, -0.05) is 30.3 Å². The van der Waals surface area contributed by atoms with Crippen molar-refractivity contribution in [3.8, 4) is 0 Å². The van der Waals surface area contributed by atoms with Crippen LogP contribution >= 0.6 is 0 Å². The third-order valence-electron chi connectivity index (χ3n) is 5.33. The predicted octanol–water partition coefficient (Wildman–Crippen LogP) is 2.18. The number of rotatable bonds is 9. The van der Waals surface area contributed by atoms with Crippen molar-refractivity contribution in [2.24, 2.45) is 4.99 Å². The Hall–Kier alpha value is -2.67. The molecular weight excluding hydrogens is 374 g/mol. The number of hydrogen-bond donors (Lipinski definition) is 2. The summed E-state index contributed by atoms with van der Waals surface area (Å²) in [6, 6.07) is 12.9. The lowest BCUT2D eigenvalue weighted by molar-refractivity contribution is 0.263.